The van der Waals surface area contributed by atoms with Crippen LogP contribution in [-0.4, -0.2) is 21.9 Å². The van der Waals surface area contributed by atoms with Crippen LogP contribution in [0.4, 0.5) is 0 Å². The molecule has 2 rings (SSSR count). The van der Waals surface area contributed by atoms with E-state index >= 15 is 0 Å². The molecule has 1 heterocycles. The summed E-state index contributed by atoms with van der Waals surface area (Å²) in [5.41, 5.74) is 0.262. The van der Waals surface area contributed by atoms with E-state index in [-0.39, 0.29) is 11.4 Å². The number of aromatic nitrogens is 1. The van der Waals surface area contributed by atoms with Crippen LogP contribution in [0.2, 0.25) is 0 Å². The summed E-state index contributed by atoms with van der Waals surface area (Å²) in [5.74, 6) is -0.148. The first kappa shape index (κ1) is 10.7. The molecule has 0 aromatic carbocycles. The van der Waals surface area contributed by atoms with E-state index in [1.54, 1.807) is 6.07 Å². The fraction of sp³-hybridized carbons (Fsp3) is 0.600. The minimum Gasteiger partial charge on any atom is -0.364 e. The SMILES string of the molecule is O=C(NC1(CBr)CCCC1)c1ccon1. The van der Waals surface area contributed by atoms with E-state index in [1.807, 2.05) is 0 Å². The summed E-state index contributed by atoms with van der Waals surface area (Å²) < 4.78 is 4.64. The lowest BCUT2D eigenvalue weighted by Gasteiger charge is -2.27. The molecule has 1 aliphatic carbocycles. The molecule has 0 spiro atoms. The Morgan fingerprint density at radius 1 is 1.60 bits per heavy atom. The Morgan fingerprint density at radius 2 is 2.33 bits per heavy atom. The monoisotopic (exact) mass is 272 g/mol. The molecule has 1 aromatic heterocycles. The van der Waals surface area contributed by atoms with Gasteiger partial charge in [-0.25, -0.2) is 0 Å². The van der Waals surface area contributed by atoms with E-state index in [4.69, 9.17) is 0 Å². The minimum atomic E-state index is -0.148. The summed E-state index contributed by atoms with van der Waals surface area (Å²) in [5, 5.41) is 7.45. The molecule has 1 aromatic rings. The summed E-state index contributed by atoms with van der Waals surface area (Å²) in [4.78, 5) is 11.8. The molecule has 0 aliphatic heterocycles. The average molecular weight is 273 g/mol. The van der Waals surface area contributed by atoms with Gasteiger partial charge in [0.2, 0.25) is 0 Å². The van der Waals surface area contributed by atoms with Crippen LogP contribution in [0.15, 0.2) is 16.9 Å². The number of carbonyl (C=O) groups is 1. The molecule has 0 radical (unpaired) electrons. The zero-order valence-electron chi connectivity index (χ0n) is 8.33. The van der Waals surface area contributed by atoms with E-state index in [0.29, 0.717) is 5.69 Å². The summed E-state index contributed by atoms with van der Waals surface area (Å²) >= 11 is 3.47. The van der Waals surface area contributed by atoms with Crippen molar-refractivity contribution in [1.29, 1.82) is 0 Å². The lowest BCUT2D eigenvalue weighted by atomic mass is 10.0. The second kappa shape index (κ2) is 4.35. The first-order chi connectivity index (χ1) is 7.26. The van der Waals surface area contributed by atoms with E-state index in [9.17, 15) is 4.79 Å². The maximum absolute atomic E-state index is 11.8. The molecule has 4 nitrogen and oxygen atoms in total. The normalized spacial score (nSPS) is 19.0. The summed E-state index contributed by atoms with van der Waals surface area (Å²) in [6, 6.07) is 1.58. The number of nitrogens with one attached hydrogen (secondary N) is 1. The molecule has 1 aliphatic rings. The number of hydrogen-bond donors (Lipinski definition) is 1. The van der Waals surface area contributed by atoms with Gasteiger partial charge in [0.05, 0.1) is 5.54 Å². The molecule has 0 atom stereocenters. The molecule has 1 N–H and O–H groups in total. The van der Waals surface area contributed by atoms with Crippen LogP contribution >= 0.6 is 15.9 Å². The van der Waals surface area contributed by atoms with Crippen molar-refractivity contribution in [2.24, 2.45) is 0 Å². The summed E-state index contributed by atoms with van der Waals surface area (Å²) in [7, 11) is 0. The van der Waals surface area contributed by atoms with Gasteiger partial charge in [-0.15, -0.1) is 0 Å². The maximum Gasteiger partial charge on any atom is 0.273 e. The van der Waals surface area contributed by atoms with Crippen LogP contribution in [-0.2, 0) is 0 Å². The lowest BCUT2D eigenvalue weighted by molar-refractivity contribution is 0.0901. The topological polar surface area (TPSA) is 55.1 Å². The highest BCUT2D eigenvalue weighted by atomic mass is 79.9. The van der Waals surface area contributed by atoms with Crippen molar-refractivity contribution in [3.8, 4) is 0 Å². The second-order valence-electron chi connectivity index (χ2n) is 3.96. The Morgan fingerprint density at radius 3 is 2.87 bits per heavy atom. The number of alkyl halides is 1. The molecule has 5 heteroatoms. The fourth-order valence-corrected chi connectivity index (χ4v) is 2.68. The first-order valence-corrected chi connectivity index (χ1v) is 6.17. The van der Waals surface area contributed by atoms with Crippen LogP contribution in [0, 0.1) is 0 Å². The van der Waals surface area contributed by atoms with Crippen LogP contribution in [0.25, 0.3) is 0 Å². The molecule has 15 heavy (non-hydrogen) atoms. The van der Waals surface area contributed by atoms with E-state index in [0.717, 1.165) is 18.2 Å². The third-order valence-corrected chi connectivity index (χ3v) is 3.94. The molecule has 1 amide bonds. The molecule has 1 fully saturated rings. The van der Waals surface area contributed by atoms with Crippen LogP contribution in [0.5, 0.6) is 0 Å². The smallest absolute Gasteiger partial charge is 0.273 e. The third kappa shape index (κ3) is 2.22. The van der Waals surface area contributed by atoms with Crippen molar-refractivity contribution < 1.29 is 9.32 Å². The molecule has 1 saturated carbocycles. The van der Waals surface area contributed by atoms with Crippen molar-refractivity contribution >= 4 is 21.8 Å². The van der Waals surface area contributed by atoms with E-state index in [2.05, 4.69) is 30.9 Å². The van der Waals surface area contributed by atoms with Crippen molar-refractivity contribution in [3.05, 3.63) is 18.0 Å². The van der Waals surface area contributed by atoms with Crippen LogP contribution < -0.4 is 5.32 Å². The van der Waals surface area contributed by atoms with Crippen LogP contribution in [0.3, 0.4) is 0 Å². The highest BCUT2D eigenvalue weighted by molar-refractivity contribution is 9.09. The Balaban J connectivity index is 2.04. The Labute approximate surface area is 96.5 Å². The molecule has 82 valence electrons. The standard InChI is InChI=1S/C10H13BrN2O2/c11-7-10(4-1-2-5-10)12-9(14)8-3-6-15-13-8/h3,6H,1-2,4-5,7H2,(H,12,14). The summed E-state index contributed by atoms with van der Waals surface area (Å²) in [6.07, 6.45) is 5.81. The minimum absolute atomic E-state index is 0.0873. The van der Waals surface area contributed by atoms with E-state index < -0.39 is 0 Å². The second-order valence-corrected chi connectivity index (χ2v) is 4.52. The van der Waals surface area contributed by atoms with Gasteiger partial charge in [0.15, 0.2) is 5.69 Å². The maximum atomic E-state index is 11.8. The largest absolute Gasteiger partial charge is 0.364 e. The van der Waals surface area contributed by atoms with Crippen molar-refractivity contribution in [2.45, 2.75) is 31.2 Å². The fourth-order valence-electron chi connectivity index (χ4n) is 1.98. The van der Waals surface area contributed by atoms with Crippen molar-refractivity contribution in [1.82, 2.24) is 10.5 Å². The van der Waals surface area contributed by atoms with Gasteiger partial charge in [0.1, 0.15) is 6.26 Å². The van der Waals surface area contributed by atoms with Crippen molar-refractivity contribution in [3.63, 3.8) is 0 Å². The van der Waals surface area contributed by atoms with E-state index in [1.165, 1.54) is 19.1 Å². The van der Waals surface area contributed by atoms with Gasteiger partial charge in [-0.1, -0.05) is 33.9 Å². The number of hydrogen-bond acceptors (Lipinski definition) is 3. The predicted octanol–water partition coefficient (Wildman–Crippen LogP) is 2.11. The van der Waals surface area contributed by atoms with Crippen molar-refractivity contribution in [2.75, 3.05) is 5.33 Å². The summed E-state index contributed by atoms with van der Waals surface area (Å²) in [6.45, 7) is 0. The third-order valence-electron chi connectivity index (χ3n) is 2.87. The highest BCUT2D eigenvalue weighted by Gasteiger charge is 2.34. The van der Waals surface area contributed by atoms with Gasteiger partial charge in [-0.2, -0.15) is 0 Å². The zero-order chi connectivity index (χ0) is 10.7. The Kier molecular flexibility index (Phi) is 3.09. The first-order valence-electron chi connectivity index (χ1n) is 5.05. The Hall–Kier alpha value is -0.840. The molecule has 0 bridgehead atoms. The number of rotatable bonds is 3. The number of carbonyl (C=O) groups excluding carboxylic acids is 1. The van der Waals surface area contributed by atoms with Gasteiger partial charge >= 0.3 is 0 Å². The quantitative estimate of drug-likeness (QED) is 0.858. The van der Waals surface area contributed by atoms with Gasteiger partial charge in [0.25, 0.3) is 5.91 Å². The zero-order valence-corrected chi connectivity index (χ0v) is 9.92. The van der Waals surface area contributed by atoms with Gasteiger partial charge in [-0.3, -0.25) is 4.79 Å². The lowest BCUT2D eigenvalue weighted by Crippen LogP contribution is -2.47. The van der Waals surface area contributed by atoms with Crippen LogP contribution in [0.1, 0.15) is 36.2 Å². The molecular weight excluding hydrogens is 260 g/mol. The average Bonchev–Trinajstić information content (AvgIpc) is 2.88. The number of halogens is 1. The Bertz CT molecular complexity index is 331. The number of nitrogens with zero attached hydrogens (tertiary/aromatic N) is 1. The molecule has 0 unspecified atom stereocenters. The predicted molar refractivity (Wildman–Crippen MR) is 59.0 cm³/mol. The van der Waals surface area contributed by atoms with Gasteiger partial charge in [-0.05, 0) is 12.8 Å². The van der Waals surface area contributed by atoms with Gasteiger partial charge < -0.3 is 9.84 Å². The molecule has 0 saturated heterocycles. The highest BCUT2D eigenvalue weighted by Crippen LogP contribution is 2.31. The molecular formula is C10H13BrN2O2. The number of amides is 1. The van der Waals surface area contributed by atoms with Gasteiger partial charge in [0, 0.05) is 11.4 Å².